The molecule has 0 aliphatic heterocycles. The minimum atomic E-state index is -0.310. The Morgan fingerprint density at radius 2 is 1.89 bits per heavy atom. The average Bonchev–Trinajstić information content (AvgIpc) is 2.27. The molecule has 0 spiro atoms. The summed E-state index contributed by atoms with van der Waals surface area (Å²) in [6.07, 6.45) is 4.91. The van der Waals surface area contributed by atoms with E-state index in [-0.39, 0.29) is 11.6 Å². The summed E-state index contributed by atoms with van der Waals surface area (Å²) in [7, 11) is 0. The van der Waals surface area contributed by atoms with Crippen LogP contribution in [0, 0.1) is 5.82 Å². The van der Waals surface area contributed by atoms with Crippen molar-refractivity contribution in [3.63, 3.8) is 0 Å². The van der Waals surface area contributed by atoms with Crippen LogP contribution in [0.4, 0.5) is 4.39 Å². The van der Waals surface area contributed by atoms with Crippen molar-refractivity contribution in [2.45, 2.75) is 38.5 Å². The van der Waals surface area contributed by atoms with Gasteiger partial charge in [0, 0.05) is 17.3 Å². The lowest BCUT2D eigenvalue weighted by atomic mass is 10.0. The van der Waals surface area contributed by atoms with Crippen LogP contribution in [0.3, 0.4) is 0 Å². The number of ketones is 1. The second-order valence-electron chi connectivity index (χ2n) is 4.45. The lowest BCUT2D eigenvalue weighted by Gasteiger charge is -2.03. The quantitative estimate of drug-likeness (QED) is 0.745. The summed E-state index contributed by atoms with van der Waals surface area (Å²) in [6.45, 7) is 0.714. The Balaban J connectivity index is 2.31. The van der Waals surface area contributed by atoms with Gasteiger partial charge in [0.05, 0.1) is 0 Å². The zero-order valence-corrected chi connectivity index (χ0v) is 12.0. The first-order valence-corrected chi connectivity index (χ1v) is 7.08. The van der Waals surface area contributed by atoms with Gasteiger partial charge in [-0.05, 0) is 43.1 Å². The van der Waals surface area contributed by atoms with Gasteiger partial charge in [0.15, 0.2) is 0 Å². The summed E-state index contributed by atoms with van der Waals surface area (Å²) >= 11 is 3.22. The number of hydrogen-bond acceptors (Lipinski definition) is 2. The number of nitrogens with two attached hydrogens (primary N) is 1. The molecule has 0 aliphatic carbocycles. The average molecular weight is 316 g/mol. The SMILES string of the molecule is NCCCCCCC(=O)Cc1cc(F)cc(Br)c1. The van der Waals surface area contributed by atoms with Crippen molar-refractivity contribution in [3.05, 3.63) is 34.1 Å². The van der Waals surface area contributed by atoms with E-state index in [0.29, 0.717) is 23.9 Å². The summed E-state index contributed by atoms with van der Waals surface area (Å²) < 4.78 is 13.8. The third-order valence-corrected chi connectivity index (χ3v) is 3.19. The maximum atomic E-state index is 13.1. The minimum absolute atomic E-state index is 0.167. The molecule has 0 radical (unpaired) electrons. The third kappa shape index (κ3) is 6.26. The maximum Gasteiger partial charge on any atom is 0.137 e. The fourth-order valence-corrected chi connectivity index (χ4v) is 2.36. The van der Waals surface area contributed by atoms with E-state index in [1.807, 2.05) is 0 Å². The minimum Gasteiger partial charge on any atom is -0.330 e. The van der Waals surface area contributed by atoms with Gasteiger partial charge in [-0.15, -0.1) is 0 Å². The summed E-state index contributed by atoms with van der Waals surface area (Å²) in [5.74, 6) is -0.143. The van der Waals surface area contributed by atoms with Gasteiger partial charge in [0.2, 0.25) is 0 Å². The Hall–Kier alpha value is -0.740. The van der Waals surface area contributed by atoms with Crippen LogP contribution >= 0.6 is 15.9 Å². The second-order valence-corrected chi connectivity index (χ2v) is 5.36. The van der Waals surface area contributed by atoms with Crippen molar-refractivity contribution in [2.75, 3.05) is 6.54 Å². The van der Waals surface area contributed by atoms with Crippen LogP contribution in [-0.2, 0) is 11.2 Å². The number of halogens is 2. The Morgan fingerprint density at radius 3 is 2.56 bits per heavy atom. The van der Waals surface area contributed by atoms with Crippen LogP contribution in [0.15, 0.2) is 22.7 Å². The smallest absolute Gasteiger partial charge is 0.137 e. The molecule has 0 amide bonds. The van der Waals surface area contributed by atoms with Crippen LogP contribution in [0.5, 0.6) is 0 Å². The van der Waals surface area contributed by atoms with Crippen molar-refractivity contribution in [3.8, 4) is 0 Å². The topological polar surface area (TPSA) is 43.1 Å². The van der Waals surface area contributed by atoms with E-state index in [1.54, 1.807) is 6.07 Å². The third-order valence-electron chi connectivity index (χ3n) is 2.73. The number of Topliss-reactive ketones (excluding diaryl/α,β-unsaturated/α-hetero) is 1. The Morgan fingerprint density at radius 1 is 1.17 bits per heavy atom. The molecule has 18 heavy (non-hydrogen) atoms. The first-order chi connectivity index (χ1) is 8.61. The van der Waals surface area contributed by atoms with Gasteiger partial charge in [-0.3, -0.25) is 4.79 Å². The number of unbranched alkanes of at least 4 members (excludes halogenated alkanes) is 3. The number of hydrogen-bond donors (Lipinski definition) is 1. The van der Waals surface area contributed by atoms with Crippen LogP contribution in [0.25, 0.3) is 0 Å². The Labute approximate surface area is 116 Å². The highest BCUT2D eigenvalue weighted by Crippen LogP contribution is 2.16. The highest BCUT2D eigenvalue weighted by Gasteiger charge is 2.06. The number of carbonyl (C=O) groups excluding carboxylic acids is 1. The van der Waals surface area contributed by atoms with Crippen molar-refractivity contribution in [1.82, 2.24) is 0 Å². The van der Waals surface area contributed by atoms with E-state index in [4.69, 9.17) is 5.73 Å². The van der Waals surface area contributed by atoms with E-state index >= 15 is 0 Å². The first kappa shape index (κ1) is 15.3. The highest BCUT2D eigenvalue weighted by molar-refractivity contribution is 9.10. The molecular weight excluding hydrogens is 297 g/mol. The van der Waals surface area contributed by atoms with Gasteiger partial charge >= 0.3 is 0 Å². The summed E-state index contributed by atoms with van der Waals surface area (Å²) in [4.78, 5) is 11.7. The van der Waals surface area contributed by atoms with E-state index in [9.17, 15) is 9.18 Å². The lowest BCUT2D eigenvalue weighted by Crippen LogP contribution is -2.03. The van der Waals surface area contributed by atoms with Crippen molar-refractivity contribution in [1.29, 1.82) is 0 Å². The second kappa shape index (κ2) is 8.38. The normalized spacial score (nSPS) is 10.6. The molecule has 1 rings (SSSR count). The van der Waals surface area contributed by atoms with Crippen molar-refractivity contribution < 1.29 is 9.18 Å². The Kier molecular flexibility index (Phi) is 7.13. The molecule has 1 aromatic carbocycles. The molecule has 0 atom stereocenters. The van der Waals surface area contributed by atoms with Gasteiger partial charge < -0.3 is 5.73 Å². The Bertz CT molecular complexity index is 375. The molecule has 2 nitrogen and oxygen atoms in total. The summed E-state index contributed by atoms with van der Waals surface area (Å²) in [5, 5.41) is 0. The standard InChI is InChI=1S/C14H19BrFNO/c15-12-7-11(8-13(16)10-12)9-14(18)5-3-1-2-4-6-17/h7-8,10H,1-6,9,17H2. The molecule has 0 bridgehead atoms. The number of rotatable bonds is 8. The van der Waals surface area contributed by atoms with Crippen molar-refractivity contribution >= 4 is 21.7 Å². The van der Waals surface area contributed by atoms with E-state index in [1.165, 1.54) is 12.1 Å². The van der Waals surface area contributed by atoms with E-state index < -0.39 is 0 Å². The molecule has 0 aromatic heterocycles. The van der Waals surface area contributed by atoms with Crippen LogP contribution in [-0.4, -0.2) is 12.3 Å². The van der Waals surface area contributed by atoms with Gasteiger partial charge in [-0.1, -0.05) is 28.8 Å². The zero-order chi connectivity index (χ0) is 13.4. The largest absolute Gasteiger partial charge is 0.330 e. The number of benzene rings is 1. The van der Waals surface area contributed by atoms with Gasteiger partial charge in [-0.2, -0.15) is 0 Å². The molecule has 0 saturated carbocycles. The molecule has 0 fully saturated rings. The molecular formula is C14H19BrFNO. The van der Waals surface area contributed by atoms with Crippen LogP contribution < -0.4 is 5.73 Å². The molecule has 0 aliphatic rings. The predicted octanol–water partition coefficient (Wildman–Crippen LogP) is 3.61. The van der Waals surface area contributed by atoms with Gasteiger partial charge in [0.25, 0.3) is 0 Å². The molecule has 100 valence electrons. The molecule has 0 saturated heterocycles. The molecule has 4 heteroatoms. The fraction of sp³-hybridized carbons (Fsp3) is 0.500. The predicted molar refractivity (Wildman–Crippen MR) is 75.0 cm³/mol. The van der Waals surface area contributed by atoms with E-state index in [0.717, 1.165) is 31.2 Å². The van der Waals surface area contributed by atoms with Crippen LogP contribution in [0.1, 0.15) is 37.7 Å². The fourth-order valence-electron chi connectivity index (χ4n) is 1.85. The van der Waals surface area contributed by atoms with E-state index in [2.05, 4.69) is 15.9 Å². The molecule has 2 N–H and O–H groups in total. The van der Waals surface area contributed by atoms with Crippen molar-refractivity contribution in [2.24, 2.45) is 5.73 Å². The van der Waals surface area contributed by atoms with Gasteiger partial charge in [0.1, 0.15) is 11.6 Å². The summed E-state index contributed by atoms with van der Waals surface area (Å²) in [5.41, 5.74) is 6.12. The maximum absolute atomic E-state index is 13.1. The zero-order valence-electron chi connectivity index (χ0n) is 10.4. The molecule has 0 unspecified atom stereocenters. The first-order valence-electron chi connectivity index (χ1n) is 6.28. The lowest BCUT2D eigenvalue weighted by molar-refractivity contribution is -0.118. The van der Waals surface area contributed by atoms with Crippen LogP contribution in [0.2, 0.25) is 0 Å². The molecule has 1 aromatic rings. The monoisotopic (exact) mass is 315 g/mol. The number of carbonyl (C=O) groups is 1. The highest BCUT2D eigenvalue weighted by atomic mass is 79.9. The van der Waals surface area contributed by atoms with Gasteiger partial charge in [-0.25, -0.2) is 4.39 Å². The summed E-state index contributed by atoms with van der Waals surface area (Å²) in [6, 6.07) is 4.59. The molecule has 0 heterocycles.